The SMILES string of the molecule is CCNC(=O)C1CCC(N2C=NN=CC2c2ccc(-c3nc4ccccc4s3)cc2)C1. The van der Waals surface area contributed by atoms with Crippen LogP contribution in [-0.4, -0.2) is 40.9 Å². The second kappa shape index (κ2) is 8.59. The van der Waals surface area contributed by atoms with Gasteiger partial charge in [-0.2, -0.15) is 5.10 Å². The van der Waals surface area contributed by atoms with E-state index in [4.69, 9.17) is 4.98 Å². The summed E-state index contributed by atoms with van der Waals surface area (Å²) in [7, 11) is 0. The summed E-state index contributed by atoms with van der Waals surface area (Å²) in [6.07, 6.45) is 6.48. The first-order valence-electron chi connectivity index (χ1n) is 10.8. The van der Waals surface area contributed by atoms with Gasteiger partial charge in [-0.25, -0.2) is 4.98 Å². The molecule has 2 aromatic carbocycles. The Hall–Kier alpha value is -3.06. The molecule has 1 saturated carbocycles. The topological polar surface area (TPSA) is 70.0 Å². The van der Waals surface area contributed by atoms with E-state index in [1.165, 1.54) is 10.3 Å². The van der Waals surface area contributed by atoms with Gasteiger partial charge in [0.1, 0.15) is 11.3 Å². The molecule has 3 atom stereocenters. The zero-order valence-electron chi connectivity index (χ0n) is 17.4. The third kappa shape index (κ3) is 3.97. The van der Waals surface area contributed by atoms with Gasteiger partial charge in [0.2, 0.25) is 5.91 Å². The number of carbonyl (C=O) groups excluding carboxylic acids is 1. The number of thiazole rings is 1. The predicted octanol–water partition coefficient (Wildman–Crippen LogP) is 4.64. The minimum absolute atomic E-state index is 0.0277. The average molecular weight is 432 g/mol. The Labute approximate surface area is 185 Å². The molecule has 2 aliphatic rings. The van der Waals surface area contributed by atoms with Crippen LogP contribution in [0.2, 0.25) is 0 Å². The Morgan fingerprint density at radius 3 is 2.77 bits per heavy atom. The van der Waals surface area contributed by atoms with Crippen molar-refractivity contribution in [2.24, 2.45) is 16.1 Å². The summed E-state index contributed by atoms with van der Waals surface area (Å²) in [4.78, 5) is 19.3. The van der Waals surface area contributed by atoms with Gasteiger partial charge in [0, 0.05) is 24.1 Å². The first kappa shape index (κ1) is 19.9. The van der Waals surface area contributed by atoms with Gasteiger partial charge in [-0.1, -0.05) is 36.4 Å². The smallest absolute Gasteiger partial charge is 0.223 e. The number of para-hydroxylation sites is 1. The fraction of sp³-hybridized carbons (Fsp3) is 0.333. The van der Waals surface area contributed by atoms with Crippen molar-refractivity contribution >= 4 is 40.0 Å². The molecule has 0 radical (unpaired) electrons. The first-order valence-corrected chi connectivity index (χ1v) is 11.6. The molecule has 1 fully saturated rings. The molecule has 6 nitrogen and oxygen atoms in total. The van der Waals surface area contributed by atoms with Crippen molar-refractivity contribution in [2.45, 2.75) is 38.3 Å². The molecule has 1 aliphatic heterocycles. The molecule has 0 bridgehead atoms. The van der Waals surface area contributed by atoms with Crippen molar-refractivity contribution in [1.29, 1.82) is 0 Å². The van der Waals surface area contributed by atoms with E-state index in [0.717, 1.165) is 35.4 Å². The van der Waals surface area contributed by atoms with Gasteiger partial charge in [0.05, 0.1) is 22.5 Å². The standard InChI is InChI=1S/C24H25N5OS/c1-2-25-23(30)18-11-12-19(13-18)29-15-27-26-14-21(29)16-7-9-17(10-8-16)24-28-20-5-3-4-6-22(20)31-24/h3-10,14-15,18-19,21H,2,11-13H2,1H3,(H,25,30). The number of hydrogen-bond acceptors (Lipinski definition) is 6. The molecule has 3 aromatic rings. The molecule has 0 spiro atoms. The molecule has 1 aromatic heterocycles. The molecule has 2 heterocycles. The highest BCUT2D eigenvalue weighted by Crippen LogP contribution is 2.35. The molecule has 5 rings (SSSR count). The van der Waals surface area contributed by atoms with Gasteiger partial charge in [0.15, 0.2) is 0 Å². The van der Waals surface area contributed by atoms with Crippen LogP contribution in [-0.2, 0) is 4.79 Å². The maximum absolute atomic E-state index is 12.3. The van der Waals surface area contributed by atoms with Crippen LogP contribution >= 0.6 is 11.3 Å². The maximum Gasteiger partial charge on any atom is 0.223 e. The molecule has 0 saturated heterocycles. The number of carbonyl (C=O) groups is 1. The van der Waals surface area contributed by atoms with Gasteiger partial charge in [0.25, 0.3) is 0 Å². The van der Waals surface area contributed by atoms with Crippen LogP contribution in [0.15, 0.2) is 58.7 Å². The Morgan fingerprint density at radius 1 is 1.13 bits per heavy atom. The number of hydrogen-bond donors (Lipinski definition) is 1. The summed E-state index contributed by atoms with van der Waals surface area (Å²) in [6.45, 7) is 2.65. The van der Waals surface area contributed by atoms with Crippen molar-refractivity contribution in [1.82, 2.24) is 15.2 Å². The lowest BCUT2D eigenvalue weighted by molar-refractivity contribution is -0.124. The van der Waals surface area contributed by atoms with Gasteiger partial charge < -0.3 is 10.2 Å². The van der Waals surface area contributed by atoms with Crippen molar-refractivity contribution in [3.63, 3.8) is 0 Å². The second-order valence-electron chi connectivity index (χ2n) is 8.05. The Morgan fingerprint density at radius 2 is 1.97 bits per heavy atom. The van der Waals surface area contributed by atoms with Gasteiger partial charge in [-0.15, -0.1) is 16.4 Å². The molecular formula is C24H25N5OS. The minimum Gasteiger partial charge on any atom is -0.356 e. The zero-order valence-corrected chi connectivity index (χ0v) is 18.3. The highest BCUT2D eigenvalue weighted by molar-refractivity contribution is 7.21. The first-order chi connectivity index (χ1) is 15.2. The molecule has 158 valence electrons. The van der Waals surface area contributed by atoms with Crippen molar-refractivity contribution < 1.29 is 4.79 Å². The summed E-state index contributed by atoms with van der Waals surface area (Å²) in [6, 6.07) is 17.1. The molecular weight excluding hydrogens is 406 g/mol. The lowest BCUT2D eigenvalue weighted by Crippen LogP contribution is -2.39. The van der Waals surface area contributed by atoms with E-state index < -0.39 is 0 Å². The number of amides is 1. The zero-order chi connectivity index (χ0) is 21.2. The number of fused-ring (bicyclic) bond motifs is 1. The molecule has 7 heteroatoms. The molecule has 3 unspecified atom stereocenters. The number of benzene rings is 2. The summed E-state index contributed by atoms with van der Waals surface area (Å²) in [5, 5.41) is 12.3. The summed E-state index contributed by atoms with van der Waals surface area (Å²) >= 11 is 1.71. The van der Waals surface area contributed by atoms with Crippen molar-refractivity contribution in [2.75, 3.05) is 6.54 Å². The molecule has 1 amide bonds. The van der Waals surface area contributed by atoms with Crippen LogP contribution in [0.5, 0.6) is 0 Å². The average Bonchev–Trinajstić information content (AvgIpc) is 3.47. The van der Waals surface area contributed by atoms with Gasteiger partial charge in [-0.3, -0.25) is 4.79 Å². The van der Waals surface area contributed by atoms with Crippen molar-refractivity contribution in [3.05, 3.63) is 54.1 Å². The van der Waals surface area contributed by atoms with E-state index >= 15 is 0 Å². The fourth-order valence-corrected chi connectivity index (χ4v) is 5.49. The van der Waals surface area contributed by atoms with Crippen LogP contribution in [0.1, 0.15) is 37.8 Å². The normalized spacial score (nSPS) is 22.9. The second-order valence-corrected chi connectivity index (χ2v) is 9.09. The molecule has 1 aliphatic carbocycles. The van der Waals surface area contributed by atoms with E-state index in [1.807, 2.05) is 31.6 Å². The van der Waals surface area contributed by atoms with E-state index in [-0.39, 0.29) is 23.9 Å². The van der Waals surface area contributed by atoms with E-state index in [0.29, 0.717) is 6.54 Å². The van der Waals surface area contributed by atoms with E-state index in [1.54, 1.807) is 11.3 Å². The third-order valence-corrected chi connectivity index (χ3v) is 7.21. The van der Waals surface area contributed by atoms with Crippen LogP contribution in [0.3, 0.4) is 0 Å². The van der Waals surface area contributed by atoms with Gasteiger partial charge >= 0.3 is 0 Å². The predicted molar refractivity (Wildman–Crippen MR) is 126 cm³/mol. The molecule has 31 heavy (non-hydrogen) atoms. The highest BCUT2D eigenvalue weighted by Gasteiger charge is 2.35. The van der Waals surface area contributed by atoms with Crippen LogP contribution in [0.25, 0.3) is 20.8 Å². The minimum atomic E-state index is 0.0277. The van der Waals surface area contributed by atoms with Crippen LogP contribution in [0, 0.1) is 5.92 Å². The van der Waals surface area contributed by atoms with E-state index in [2.05, 4.69) is 56.8 Å². The summed E-state index contributed by atoms with van der Waals surface area (Å²) < 4.78 is 1.20. The number of nitrogens with zero attached hydrogens (tertiary/aromatic N) is 4. The largest absolute Gasteiger partial charge is 0.356 e. The van der Waals surface area contributed by atoms with Crippen molar-refractivity contribution in [3.8, 4) is 10.6 Å². The number of aromatic nitrogens is 1. The maximum atomic E-state index is 12.3. The lowest BCUT2D eigenvalue weighted by atomic mass is 10.0. The van der Waals surface area contributed by atoms with E-state index in [9.17, 15) is 4.79 Å². The van der Waals surface area contributed by atoms with Gasteiger partial charge in [-0.05, 0) is 43.9 Å². The number of nitrogens with one attached hydrogen (secondary N) is 1. The third-order valence-electron chi connectivity index (χ3n) is 6.12. The number of rotatable bonds is 5. The van der Waals surface area contributed by atoms with Crippen LogP contribution < -0.4 is 5.32 Å². The van der Waals surface area contributed by atoms with Crippen LogP contribution in [0.4, 0.5) is 0 Å². The Balaban J connectivity index is 1.34. The highest BCUT2D eigenvalue weighted by atomic mass is 32.1. The quantitative estimate of drug-likeness (QED) is 0.640. The fourth-order valence-electron chi connectivity index (χ4n) is 4.52. The summed E-state index contributed by atoms with van der Waals surface area (Å²) in [5.74, 6) is 0.253. The molecule has 1 N–H and O–H groups in total. The summed E-state index contributed by atoms with van der Waals surface area (Å²) in [5.41, 5.74) is 3.33. The monoisotopic (exact) mass is 431 g/mol. The Bertz CT molecular complexity index is 1100. The Kier molecular flexibility index (Phi) is 5.51. The lowest BCUT2D eigenvalue weighted by Gasteiger charge is -2.34.